The highest BCUT2D eigenvalue weighted by atomic mass is 79.9. The predicted molar refractivity (Wildman–Crippen MR) is 63.6 cm³/mol. The third-order valence-electron chi connectivity index (χ3n) is 1.64. The fraction of sp³-hybridized carbons (Fsp3) is 0.250. The quantitative estimate of drug-likeness (QED) is 0.783. The van der Waals surface area contributed by atoms with Crippen LogP contribution in [0, 0.1) is 0 Å². The molecule has 2 nitrogen and oxygen atoms in total. The standard InChI is InChI=1S/C8H8Br3NO/c9-4-1-2-5(10)8(11)7(4)6(13)3-12/h1-2,6,13H,3,12H2/t6-/m0/s1. The minimum Gasteiger partial charge on any atom is -0.387 e. The molecule has 1 rings (SSSR count). The lowest BCUT2D eigenvalue weighted by molar-refractivity contribution is 0.185. The van der Waals surface area contributed by atoms with Crippen molar-refractivity contribution in [2.24, 2.45) is 5.73 Å². The first-order valence-electron chi connectivity index (χ1n) is 3.59. The molecule has 0 spiro atoms. The molecular formula is C8H8Br3NO. The summed E-state index contributed by atoms with van der Waals surface area (Å²) in [5.41, 5.74) is 6.16. The highest BCUT2D eigenvalue weighted by Crippen LogP contribution is 2.35. The van der Waals surface area contributed by atoms with E-state index in [4.69, 9.17) is 5.73 Å². The monoisotopic (exact) mass is 371 g/mol. The van der Waals surface area contributed by atoms with Gasteiger partial charge in [0.15, 0.2) is 0 Å². The zero-order valence-corrected chi connectivity index (χ0v) is 11.4. The zero-order valence-electron chi connectivity index (χ0n) is 6.60. The Bertz CT molecular complexity index is 317. The van der Waals surface area contributed by atoms with Crippen LogP contribution in [0.15, 0.2) is 25.6 Å². The summed E-state index contributed by atoms with van der Waals surface area (Å²) in [6.07, 6.45) is -0.652. The molecule has 1 aromatic rings. The van der Waals surface area contributed by atoms with E-state index in [9.17, 15) is 5.11 Å². The van der Waals surface area contributed by atoms with Gasteiger partial charge in [0.05, 0.1) is 6.10 Å². The van der Waals surface area contributed by atoms with E-state index in [-0.39, 0.29) is 6.54 Å². The molecule has 0 radical (unpaired) electrons. The van der Waals surface area contributed by atoms with Crippen LogP contribution in [-0.4, -0.2) is 11.7 Å². The summed E-state index contributed by atoms with van der Waals surface area (Å²) >= 11 is 10.1. The Hall–Kier alpha value is 0.580. The van der Waals surface area contributed by atoms with Crippen LogP contribution < -0.4 is 5.73 Å². The van der Waals surface area contributed by atoms with Crippen molar-refractivity contribution in [3.8, 4) is 0 Å². The molecule has 0 unspecified atom stereocenters. The lowest BCUT2D eigenvalue weighted by Gasteiger charge is -2.13. The number of benzene rings is 1. The van der Waals surface area contributed by atoms with E-state index in [0.29, 0.717) is 0 Å². The van der Waals surface area contributed by atoms with Crippen LogP contribution in [0.25, 0.3) is 0 Å². The summed E-state index contributed by atoms with van der Waals surface area (Å²) < 4.78 is 2.58. The Morgan fingerprint density at radius 1 is 1.23 bits per heavy atom. The second-order valence-electron chi connectivity index (χ2n) is 2.51. The smallest absolute Gasteiger partial charge is 0.0934 e. The molecule has 0 aliphatic rings. The van der Waals surface area contributed by atoms with Gasteiger partial charge < -0.3 is 10.8 Å². The molecule has 0 aromatic heterocycles. The van der Waals surface area contributed by atoms with Crippen LogP contribution in [0.5, 0.6) is 0 Å². The molecule has 0 amide bonds. The molecule has 1 atom stereocenters. The SMILES string of the molecule is NC[C@H](O)c1c(Br)ccc(Br)c1Br. The molecule has 0 saturated heterocycles. The number of aliphatic hydroxyl groups is 1. The average molecular weight is 374 g/mol. The van der Waals surface area contributed by atoms with Crippen molar-refractivity contribution in [1.82, 2.24) is 0 Å². The van der Waals surface area contributed by atoms with E-state index in [1.54, 1.807) is 0 Å². The van der Waals surface area contributed by atoms with Crippen LogP contribution in [0.1, 0.15) is 11.7 Å². The van der Waals surface area contributed by atoms with Crippen molar-refractivity contribution < 1.29 is 5.11 Å². The Labute approximate surface area is 102 Å². The normalized spacial score (nSPS) is 13.0. The summed E-state index contributed by atoms with van der Waals surface area (Å²) in [4.78, 5) is 0. The van der Waals surface area contributed by atoms with E-state index in [2.05, 4.69) is 47.8 Å². The van der Waals surface area contributed by atoms with E-state index in [0.717, 1.165) is 19.0 Å². The maximum absolute atomic E-state index is 9.61. The summed E-state index contributed by atoms with van der Waals surface area (Å²) in [5, 5.41) is 9.61. The van der Waals surface area contributed by atoms with Crippen molar-refractivity contribution in [2.75, 3.05) is 6.54 Å². The number of aliphatic hydroxyl groups excluding tert-OH is 1. The molecule has 72 valence electrons. The number of nitrogens with two attached hydrogens (primary N) is 1. The molecule has 5 heteroatoms. The lowest BCUT2D eigenvalue weighted by Crippen LogP contribution is -2.12. The van der Waals surface area contributed by atoms with Crippen LogP contribution in [0.3, 0.4) is 0 Å². The first-order valence-corrected chi connectivity index (χ1v) is 5.97. The number of hydrogen-bond acceptors (Lipinski definition) is 2. The average Bonchev–Trinajstić information content (AvgIpc) is 2.12. The van der Waals surface area contributed by atoms with Gasteiger partial charge in [-0.2, -0.15) is 0 Å². The third-order valence-corrected chi connectivity index (χ3v) is 4.37. The van der Waals surface area contributed by atoms with Gasteiger partial charge in [-0.15, -0.1) is 0 Å². The predicted octanol–water partition coefficient (Wildman–Crippen LogP) is 2.97. The molecule has 3 N–H and O–H groups in total. The van der Waals surface area contributed by atoms with Gasteiger partial charge in [-0.25, -0.2) is 0 Å². The number of hydrogen-bond donors (Lipinski definition) is 2. The van der Waals surface area contributed by atoms with Crippen molar-refractivity contribution in [2.45, 2.75) is 6.10 Å². The van der Waals surface area contributed by atoms with E-state index < -0.39 is 6.10 Å². The largest absolute Gasteiger partial charge is 0.387 e. The number of halogens is 3. The lowest BCUT2D eigenvalue weighted by atomic mass is 10.1. The Balaban J connectivity index is 3.25. The summed E-state index contributed by atoms with van der Waals surface area (Å²) in [6.45, 7) is 0.202. The summed E-state index contributed by atoms with van der Waals surface area (Å²) in [7, 11) is 0. The van der Waals surface area contributed by atoms with E-state index >= 15 is 0 Å². The van der Waals surface area contributed by atoms with Crippen LogP contribution in [0.4, 0.5) is 0 Å². The fourth-order valence-electron chi connectivity index (χ4n) is 0.966. The first-order chi connectivity index (χ1) is 6.07. The van der Waals surface area contributed by atoms with Crippen molar-refractivity contribution >= 4 is 47.8 Å². The fourth-order valence-corrected chi connectivity index (χ4v) is 2.78. The van der Waals surface area contributed by atoms with Crippen molar-refractivity contribution in [3.63, 3.8) is 0 Å². The molecule has 0 fully saturated rings. The molecule has 1 aromatic carbocycles. The van der Waals surface area contributed by atoms with Gasteiger partial charge in [0.2, 0.25) is 0 Å². The highest BCUT2D eigenvalue weighted by Gasteiger charge is 2.15. The molecule has 13 heavy (non-hydrogen) atoms. The Morgan fingerprint density at radius 2 is 1.77 bits per heavy atom. The van der Waals surface area contributed by atoms with Gasteiger partial charge in [-0.1, -0.05) is 15.9 Å². The second kappa shape index (κ2) is 4.89. The van der Waals surface area contributed by atoms with Crippen LogP contribution >= 0.6 is 47.8 Å². The molecule has 0 aliphatic heterocycles. The van der Waals surface area contributed by atoms with Crippen LogP contribution in [-0.2, 0) is 0 Å². The summed E-state index contributed by atoms with van der Waals surface area (Å²) in [6, 6.07) is 3.75. The zero-order chi connectivity index (χ0) is 10.0. The Morgan fingerprint density at radius 3 is 2.31 bits per heavy atom. The molecule has 0 saturated carbocycles. The second-order valence-corrected chi connectivity index (χ2v) is 5.01. The van der Waals surface area contributed by atoms with Gasteiger partial charge in [0.1, 0.15) is 0 Å². The van der Waals surface area contributed by atoms with E-state index in [1.807, 2.05) is 12.1 Å². The number of rotatable bonds is 2. The Kier molecular flexibility index (Phi) is 4.38. The highest BCUT2D eigenvalue weighted by molar-refractivity contribution is 9.13. The van der Waals surface area contributed by atoms with Crippen molar-refractivity contribution in [3.05, 3.63) is 31.1 Å². The van der Waals surface area contributed by atoms with Gasteiger partial charge >= 0.3 is 0 Å². The minimum absolute atomic E-state index is 0.202. The molecule has 0 aliphatic carbocycles. The maximum atomic E-state index is 9.61. The minimum atomic E-state index is -0.652. The molecular weight excluding hydrogens is 366 g/mol. The first kappa shape index (κ1) is 11.7. The maximum Gasteiger partial charge on any atom is 0.0934 e. The van der Waals surface area contributed by atoms with E-state index in [1.165, 1.54) is 0 Å². The summed E-state index contributed by atoms with van der Waals surface area (Å²) in [5.74, 6) is 0. The van der Waals surface area contributed by atoms with Gasteiger partial charge in [0, 0.05) is 25.5 Å². The van der Waals surface area contributed by atoms with Crippen molar-refractivity contribution in [1.29, 1.82) is 0 Å². The van der Waals surface area contributed by atoms with Gasteiger partial charge in [0.25, 0.3) is 0 Å². The molecule has 0 heterocycles. The van der Waals surface area contributed by atoms with Gasteiger partial charge in [-0.3, -0.25) is 0 Å². The third kappa shape index (κ3) is 2.53. The molecule has 0 bridgehead atoms. The van der Waals surface area contributed by atoms with Crippen LogP contribution in [0.2, 0.25) is 0 Å². The van der Waals surface area contributed by atoms with Gasteiger partial charge in [-0.05, 0) is 44.0 Å². The topological polar surface area (TPSA) is 46.2 Å².